The van der Waals surface area contributed by atoms with E-state index in [4.69, 9.17) is 18.9 Å². The third kappa shape index (κ3) is 6.01. The van der Waals surface area contributed by atoms with Crippen LogP contribution in [0.2, 0.25) is 0 Å². The van der Waals surface area contributed by atoms with Gasteiger partial charge in [-0.2, -0.15) is 0 Å². The summed E-state index contributed by atoms with van der Waals surface area (Å²) in [6.45, 7) is 6.66. The Hall–Kier alpha value is -4.47. The number of likely N-dealkylation sites (tertiary alicyclic amines) is 1. The molecule has 10 nitrogen and oxygen atoms in total. The molecule has 1 unspecified atom stereocenters. The molecule has 2 aliphatic heterocycles. The number of fused-ring (bicyclic) bond motifs is 1. The molecule has 1 fully saturated rings. The first-order chi connectivity index (χ1) is 20.0. The van der Waals surface area contributed by atoms with E-state index >= 15 is 0 Å². The van der Waals surface area contributed by atoms with Gasteiger partial charge in [-0.15, -0.1) is 0 Å². The van der Waals surface area contributed by atoms with Crippen LogP contribution in [-0.2, 0) is 16.1 Å². The van der Waals surface area contributed by atoms with Gasteiger partial charge in [0.15, 0.2) is 23.0 Å². The number of ether oxygens (including phenoxy) is 4. The third-order valence-corrected chi connectivity index (χ3v) is 7.07. The first-order valence-electron chi connectivity index (χ1n) is 14.1. The summed E-state index contributed by atoms with van der Waals surface area (Å²) in [4.78, 5) is 32.5. The van der Waals surface area contributed by atoms with Gasteiger partial charge in [-0.3, -0.25) is 9.59 Å². The van der Waals surface area contributed by atoms with Gasteiger partial charge in [0.2, 0.25) is 0 Å². The normalized spacial score (nSPS) is 17.6. The van der Waals surface area contributed by atoms with Crippen LogP contribution in [-0.4, -0.2) is 64.2 Å². The molecule has 5 rings (SSSR count). The highest BCUT2D eigenvalue weighted by Gasteiger charge is 2.46. The third-order valence-electron chi connectivity index (χ3n) is 7.07. The Bertz CT molecular complexity index is 1420. The quantitative estimate of drug-likeness (QED) is 0.146. The fourth-order valence-electron chi connectivity index (χ4n) is 5.05. The first kappa shape index (κ1) is 28.1. The monoisotopic (exact) mass is 561 g/mol. The van der Waals surface area contributed by atoms with Crippen molar-refractivity contribution in [2.75, 3.05) is 33.0 Å². The molecule has 216 valence electrons. The van der Waals surface area contributed by atoms with Gasteiger partial charge in [-0.25, -0.2) is 4.98 Å². The molecule has 0 spiro atoms. The van der Waals surface area contributed by atoms with Gasteiger partial charge in [-0.05, 0) is 55.7 Å². The predicted octanol–water partition coefficient (Wildman–Crippen LogP) is 4.74. The van der Waals surface area contributed by atoms with Crippen LogP contribution < -0.4 is 18.9 Å². The topological polar surface area (TPSA) is 112 Å². The number of carbonyl (C=O) groups is 2. The summed E-state index contributed by atoms with van der Waals surface area (Å²) in [6.07, 6.45) is 7.73. The van der Waals surface area contributed by atoms with Crippen molar-refractivity contribution >= 4 is 17.4 Å². The number of ketones is 1. The van der Waals surface area contributed by atoms with Crippen molar-refractivity contribution < 1.29 is 33.6 Å². The second kappa shape index (κ2) is 12.8. The molecule has 2 aliphatic rings. The van der Waals surface area contributed by atoms with Gasteiger partial charge >= 0.3 is 0 Å². The van der Waals surface area contributed by atoms with Crippen LogP contribution >= 0.6 is 0 Å². The summed E-state index contributed by atoms with van der Waals surface area (Å²) in [5.74, 6) is 0.455. The van der Waals surface area contributed by atoms with E-state index in [-0.39, 0.29) is 11.3 Å². The maximum atomic E-state index is 13.5. The Balaban J connectivity index is 1.55. The van der Waals surface area contributed by atoms with Crippen LogP contribution in [0.3, 0.4) is 0 Å². The van der Waals surface area contributed by atoms with Crippen molar-refractivity contribution in [3.05, 3.63) is 71.8 Å². The lowest BCUT2D eigenvalue weighted by atomic mass is 9.94. The number of nitrogens with zero attached hydrogens (tertiary/aromatic N) is 3. The van der Waals surface area contributed by atoms with Crippen molar-refractivity contribution in [1.82, 2.24) is 14.5 Å². The number of aryl methyl sites for hydroxylation is 1. The molecule has 10 heteroatoms. The van der Waals surface area contributed by atoms with Gasteiger partial charge in [0, 0.05) is 31.0 Å². The molecule has 1 saturated heterocycles. The van der Waals surface area contributed by atoms with E-state index in [1.165, 1.54) is 4.90 Å². The smallest absolute Gasteiger partial charge is 0.295 e. The van der Waals surface area contributed by atoms with Gasteiger partial charge in [0.1, 0.15) is 19.0 Å². The molecule has 1 aromatic heterocycles. The lowest BCUT2D eigenvalue weighted by molar-refractivity contribution is -0.139. The zero-order valence-corrected chi connectivity index (χ0v) is 23.4. The average Bonchev–Trinajstić information content (AvgIpc) is 3.60. The summed E-state index contributed by atoms with van der Waals surface area (Å²) in [6, 6.07) is 9.56. The van der Waals surface area contributed by atoms with E-state index in [1.807, 2.05) is 23.8 Å². The summed E-state index contributed by atoms with van der Waals surface area (Å²) in [7, 11) is 0. The largest absolute Gasteiger partial charge is 0.507 e. The van der Waals surface area contributed by atoms with Crippen molar-refractivity contribution in [2.24, 2.45) is 0 Å². The van der Waals surface area contributed by atoms with Crippen LogP contribution in [0.5, 0.6) is 23.0 Å². The molecule has 3 aromatic rings. The highest BCUT2D eigenvalue weighted by molar-refractivity contribution is 6.46. The highest BCUT2D eigenvalue weighted by atomic mass is 16.6. The number of carbonyl (C=O) groups excluding carboxylic acids is 2. The fourth-order valence-corrected chi connectivity index (χ4v) is 5.05. The zero-order valence-electron chi connectivity index (χ0n) is 23.4. The van der Waals surface area contributed by atoms with Gasteiger partial charge in [0.05, 0.1) is 31.2 Å². The molecule has 2 aromatic carbocycles. The molecular formula is C31H35N3O7. The van der Waals surface area contributed by atoms with Crippen molar-refractivity contribution in [1.29, 1.82) is 0 Å². The van der Waals surface area contributed by atoms with Crippen LogP contribution in [0.25, 0.3) is 5.76 Å². The lowest BCUT2D eigenvalue weighted by Gasteiger charge is -2.26. The molecule has 0 aliphatic carbocycles. The number of benzene rings is 2. The molecule has 0 saturated carbocycles. The van der Waals surface area contributed by atoms with Crippen LogP contribution in [0.4, 0.5) is 0 Å². The Morgan fingerprint density at radius 3 is 2.59 bits per heavy atom. The Morgan fingerprint density at radius 2 is 1.83 bits per heavy atom. The lowest BCUT2D eigenvalue weighted by Crippen LogP contribution is -2.31. The predicted molar refractivity (Wildman–Crippen MR) is 151 cm³/mol. The summed E-state index contributed by atoms with van der Waals surface area (Å²) in [5, 5.41) is 11.5. The van der Waals surface area contributed by atoms with E-state index in [0.717, 1.165) is 12.8 Å². The molecule has 0 bridgehead atoms. The molecule has 3 heterocycles. The second-order valence-corrected chi connectivity index (χ2v) is 9.85. The number of amides is 1. The van der Waals surface area contributed by atoms with E-state index in [1.54, 1.807) is 42.9 Å². The standard InChI is InChI=1S/C31H35N3O7/c1-3-5-15-39-23-9-7-21(18-25(23)38-4-2)28-27(29(35)22-8-10-24-26(19-22)41-17-16-40-24)30(36)31(37)34(28)13-6-12-33-14-11-32-20-33/h7-11,14,18-20,28,35H,3-6,12-13,15-17H2,1-2H3/b29-27+. The van der Waals surface area contributed by atoms with E-state index in [9.17, 15) is 14.7 Å². The maximum absolute atomic E-state index is 13.5. The van der Waals surface area contributed by atoms with Gasteiger partial charge < -0.3 is 33.5 Å². The minimum Gasteiger partial charge on any atom is -0.507 e. The molecule has 0 radical (unpaired) electrons. The minimum atomic E-state index is -0.824. The Morgan fingerprint density at radius 1 is 1.00 bits per heavy atom. The first-order valence-corrected chi connectivity index (χ1v) is 14.1. The van der Waals surface area contributed by atoms with Crippen LogP contribution in [0.1, 0.15) is 50.3 Å². The van der Waals surface area contributed by atoms with E-state index in [0.29, 0.717) is 80.1 Å². The second-order valence-electron chi connectivity index (χ2n) is 9.85. The Kier molecular flexibility index (Phi) is 8.76. The number of imidazole rings is 1. The average molecular weight is 562 g/mol. The van der Waals surface area contributed by atoms with Crippen LogP contribution in [0, 0.1) is 0 Å². The molecule has 1 amide bonds. The number of aliphatic hydroxyl groups excluding tert-OH is 1. The summed E-state index contributed by atoms with van der Waals surface area (Å²) >= 11 is 0. The molecule has 41 heavy (non-hydrogen) atoms. The van der Waals surface area contributed by atoms with Crippen molar-refractivity contribution in [3.63, 3.8) is 0 Å². The molecule has 1 N–H and O–H groups in total. The molecular weight excluding hydrogens is 526 g/mol. The SMILES string of the molecule is CCCCOc1ccc(C2/C(=C(\O)c3ccc4c(c3)OCCO4)C(=O)C(=O)N2CCCn2ccnc2)cc1OCC. The summed E-state index contributed by atoms with van der Waals surface area (Å²) < 4.78 is 25.0. The number of hydrogen-bond acceptors (Lipinski definition) is 8. The van der Waals surface area contributed by atoms with E-state index < -0.39 is 17.7 Å². The highest BCUT2D eigenvalue weighted by Crippen LogP contribution is 2.43. The van der Waals surface area contributed by atoms with Gasteiger partial charge in [0.25, 0.3) is 11.7 Å². The van der Waals surface area contributed by atoms with E-state index in [2.05, 4.69) is 11.9 Å². The number of aromatic nitrogens is 2. The number of rotatable bonds is 12. The summed E-state index contributed by atoms with van der Waals surface area (Å²) in [5.41, 5.74) is 1.01. The Labute approximate surface area is 239 Å². The van der Waals surface area contributed by atoms with Crippen molar-refractivity contribution in [2.45, 2.75) is 45.7 Å². The number of unbranched alkanes of at least 4 members (excludes halogenated alkanes) is 1. The van der Waals surface area contributed by atoms with Gasteiger partial charge in [-0.1, -0.05) is 19.4 Å². The number of aliphatic hydroxyl groups is 1. The molecule has 1 atom stereocenters. The minimum absolute atomic E-state index is 0.0106. The van der Waals surface area contributed by atoms with Crippen LogP contribution in [0.15, 0.2) is 60.7 Å². The maximum Gasteiger partial charge on any atom is 0.295 e. The van der Waals surface area contributed by atoms with Crippen molar-refractivity contribution in [3.8, 4) is 23.0 Å². The zero-order chi connectivity index (χ0) is 28.8. The number of hydrogen-bond donors (Lipinski definition) is 1. The fraction of sp³-hybridized carbons (Fsp3) is 0.387. The number of Topliss-reactive ketones (excluding diaryl/α,β-unsaturated/α-hetero) is 1.